The minimum absolute atomic E-state index is 0.0752. The van der Waals surface area contributed by atoms with E-state index in [1.165, 1.54) is 4.31 Å². The van der Waals surface area contributed by atoms with Crippen molar-refractivity contribution in [3.8, 4) is 0 Å². The first-order valence-corrected chi connectivity index (χ1v) is 10.1. The van der Waals surface area contributed by atoms with Crippen LogP contribution in [0, 0.1) is 6.92 Å². The van der Waals surface area contributed by atoms with Crippen LogP contribution in [0.2, 0.25) is 0 Å². The number of rotatable bonds is 5. The fourth-order valence-corrected chi connectivity index (χ4v) is 5.25. The van der Waals surface area contributed by atoms with Gasteiger partial charge in [0.2, 0.25) is 10.0 Å². The highest BCUT2D eigenvalue weighted by molar-refractivity contribution is 7.89. The van der Waals surface area contributed by atoms with E-state index in [1.807, 2.05) is 37.3 Å². The summed E-state index contributed by atoms with van der Waals surface area (Å²) in [6.45, 7) is 5.69. The van der Waals surface area contributed by atoms with Crippen LogP contribution in [0.25, 0.3) is 0 Å². The first-order valence-electron chi connectivity index (χ1n) is 8.70. The van der Waals surface area contributed by atoms with Crippen molar-refractivity contribution in [3.05, 3.63) is 78.4 Å². The number of hydrogen-bond donors (Lipinski definition) is 0. The number of Topliss-reactive ketones (excluding diaryl/α,β-unsaturated/α-hetero) is 1. The minimum atomic E-state index is -3.72. The van der Waals surface area contributed by atoms with Gasteiger partial charge in [0.15, 0.2) is 0 Å². The van der Waals surface area contributed by atoms with E-state index in [2.05, 4.69) is 6.58 Å². The van der Waals surface area contributed by atoms with Crippen LogP contribution in [-0.4, -0.2) is 30.6 Å². The van der Waals surface area contributed by atoms with Crippen molar-refractivity contribution in [2.24, 2.45) is 0 Å². The molecule has 2 aromatic carbocycles. The predicted octanol–water partition coefficient (Wildman–Crippen LogP) is 3.51. The molecule has 26 heavy (non-hydrogen) atoms. The molecule has 0 bridgehead atoms. The molecule has 0 saturated carbocycles. The zero-order valence-electron chi connectivity index (χ0n) is 14.8. The van der Waals surface area contributed by atoms with E-state index in [1.54, 1.807) is 30.3 Å². The molecule has 1 aliphatic rings. The Kier molecular flexibility index (Phi) is 5.39. The highest BCUT2D eigenvalue weighted by Gasteiger charge is 2.41. The maximum Gasteiger partial charge on any atom is 0.243 e. The molecule has 0 unspecified atom stereocenters. The monoisotopic (exact) mass is 369 g/mol. The topological polar surface area (TPSA) is 54.5 Å². The van der Waals surface area contributed by atoms with Crippen LogP contribution in [0.1, 0.15) is 24.0 Å². The normalized spacial score (nSPS) is 21.5. The van der Waals surface area contributed by atoms with Gasteiger partial charge in [-0.05, 0) is 31.0 Å². The summed E-state index contributed by atoms with van der Waals surface area (Å²) < 4.78 is 28.2. The summed E-state index contributed by atoms with van der Waals surface area (Å²) in [5.74, 6) is 0.0752. The summed E-state index contributed by atoms with van der Waals surface area (Å²) in [6, 6.07) is 15.6. The van der Waals surface area contributed by atoms with E-state index in [0.717, 1.165) is 11.1 Å². The number of benzene rings is 2. The van der Waals surface area contributed by atoms with Gasteiger partial charge in [0.05, 0.1) is 10.9 Å². The van der Waals surface area contributed by atoms with E-state index in [9.17, 15) is 13.2 Å². The smallest absolute Gasteiger partial charge is 0.243 e. The van der Waals surface area contributed by atoms with Crippen molar-refractivity contribution in [2.45, 2.75) is 43.2 Å². The van der Waals surface area contributed by atoms with Gasteiger partial charge in [-0.25, -0.2) is 8.42 Å². The van der Waals surface area contributed by atoms with Gasteiger partial charge in [-0.1, -0.05) is 54.1 Å². The molecule has 2 atom stereocenters. The van der Waals surface area contributed by atoms with Gasteiger partial charge in [0, 0.05) is 18.9 Å². The number of nitrogens with zero attached hydrogens (tertiary/aromatic N) is 1. The van der Waals surface area contributed by atoms with Gasteiger partial charge in [-0.2, -0.15) is 4.31 Å². The predicted molar refractivity (Wildman–Crippen MR) is 102 cm³/mol. The summed E-state index contributed by atoms with van der Waals surface area (Å²) in [7, 11) is -3.72. The summed E-state index contributed by atoms with van der Waals surface area (Å²) in [4.78, 5) is 12.5. The Bertz CT molecular complexity index is 889. The van der Waals surface area contributed by atoms with Crippen LogP contribution < -0.4 is 0 Å². The number of hydrogen-bond acceptors (Lipinski definition) is 3. The molecule has 1 aliphatic heterocycles. The van der Waals surface area contributed by atoms with E-state index in [4.69, 9.17) is 0 Å². The number of carbonyl (C=O) groups is 1. The molecule has 1 heterocycles. The number of aryl methyl sites for hydroxylation is 1. The molecular weight excluding hydrogens is 346 g/mol. The third-order valence-electron chi connectivity index (χ3n) is 4.77. The Hall–Kier alpha value is -2.24. The van der Waals surface area contributed by atoms with Gasteiger partial charge in [-0.3, -0.25) is 4.79 Å². The highest BCUT2D eigenvalue weighted by Crippen LogP contribution is 2.31. The van der Waals surface area contributed by atoms with Crippen molar-refractivity contribution < 1.29 is 13.2 Å². The van der Waals surface area contributed by atoms with Gasteiger partial charge in [-0.15, -0.1) is 6.58 Å². The molecule has 1 fully saturated rings. The summed E-state index contributed by atoms with van der Waals surface area (Å²) >= 11 is 0. The van der Waals surface area contributed by atoms with Crippen molar-refractivity contribution in [3.63, 3.8) is 0 Å². The van der Waals surface area contributed by atoms with Crippen LogP contribution in [-0.2, 0) is 21.2 Å². The van der Waals surface area contributed by atoms with Gasteiger partial charge >= 0.3 is 0 Å². The molecule has 0 N–H and O–H groups in total. The number of piperidine rings is 1. The third-order valence-corrected chi connectivity index (χ3v) is 6.76. The standard InChI is InChI=1S/C21H23NO3S/c1-3-18-14-20(23)15-19(13-17-7-5-4-6-8-17)22(18)26(24,25)21-11-9-16(2)10-12-21/h3-12,18-19H,1,13-15H2,2H3/t18-,19-/m1/s1. The SMILES string of the molecule is C=C[C@@H]1CC(=O)C[C@@H](Cc2ccccc2)N1S(=O)(=O)c1ccc(C)cc1. The second-order valence-corrected chi connectivity index (χ2v) is 8.58. The Balaban J connectivity index is 2.01. The number of ketones is 1. The average Bonchev–Trinajstić information content (AvgIpc) is 2.62. The largest absolute Gasteiger partial charge is 0.300 e. The fraction of sp³-hybridized carbons (Fsp3) is 0.286. The highest BCUT2D eigenvalue weighted by atomic mass is 32.2. The lowest BCUT2D eigenvalue weighted by Crippen LogP contribution is -2.52. The van der Waals surface area contributed by atoms with Gasteiger partial charge in [0.25, 0.3) is 0 Å². The van der Waals surface area contributed by atoms with E-state index in [-0.39, 0.29) is 23.5 Å². The van der Waals surface area contributed by atoms with Crippen molar-refractivity contribution in [2.75, 3.05) is 0 Å². The lowest BCUT2D eigenvalue weighted by molar-refractivity contribution is -0.122. The van der Waals surface area contributed by atoms with Crippen LogP contribution >= 0.6 is 0 Å². The molecular formula is C21H23NO3S. The first-order chi connectivity index (χ1) is 12.4. The van der Waals surface area contributed by atoms with E-state index < -0.39 is 22.1 Å². The maximum atomic E-state index is 13.3. The molecule has 0 amide bonds. The summed E-state index contributed by atoms with van der Waals surface area (Å²) in [5, 5.41) is 0. The fourth-order valence-electron chi connectivity index (χ4n) is 3.47. The van der Waals surface area contributed by atoms with Gasteiger partial charge < -0.3 is 0 Å². The minimum Gasteiger partial charge on any atom is -0.300 e. The second kappa shape index (κ2) is 7.56. The first kappa shape index (κ1) is 18.5. The summed E-state index contributed by atoms with van der Waals surface area (Å²) in [6.07, 6.45) is 2.48. The number of sulfonamides is 1. The van der Waals surface area contributed by atoms with Crippen LogP contribution in [0.3, 0.4) is 0 Å². The lowest BCUT2D eigenvalue weighted by atomic mass is 9.93. The van der Waals surface area contributed by atoms with Crippen LogP contribution in [0.4, 0.5) is 0 Å². The zero-order valence-corrected chi connectivity index (χ0v) is 15.7. The zero-order chi connectivity index (χ0) is 18.7. The Morgan fingerprint density at radius 3 is 2.35 bits per heavy atom. The lowest BCUT2D eigenvalue weighted by Gasteiger charge is -2.39. The second-order valence-electron chi connectivity index (χ2n) is 6.74. The average molecular weight is 369 g/mol. The van der Waals surface area contributed by atoms with E-state index in [0.29, 0.717) is 6.42 Å². The molecule has 3 rings (SSSR count). The number of carbonyl (C=O) groups excluding carboxylic acids is 1. The summed E-state index contributed by atoms with van der Waals surface area (Å²) in [5.41, 5.74) is 2.01. The Morgan fingerprint density at radius 1 is 1.08 bits per heavy atom. The van der Waals surface area contributed by atoms with Crippen LogP contribution in [0.5, 0.6) is 0 Å². The van der Waals surface area contributed by atoms with Crippen LogP contribution in [0.15, 0.2) is 72.1 Å². The van der Waals surface area contributed by atoms with E-state index >= 15 is 0 Å². The molecule has 0 spiro atoms. The third kappa shape index (κ3) is 3.79. The molecule has 1 saturated heterocycles. The maximum absolute atomic E-state index is 13.3. The molecule has 5 heteroatoms. The molecule has 0 aromatic heterocycles. The van der Waals surface area contributed by atoms with Crippen molar-refractivity contribution >= 4 is 15.8 Å². The Morgan fingerprint density at radius 2 is 1.73 bits per heavy atom. The van der Waals surface area contributed by atoms with Gasteiger partial charge in [0.1, 0.15) is 5.78 Å². The molecule has 0 radical (unpaired) electrons. The molecule has 4 nitrogen and oxygen atoms in total. The van der Waals surface area contributed by atoms with Crippen molar-refractivity contribution in [1.82, 2.24) is 4.31 Å². The molecule has 136 valence electrons. The quantitative estimate of drug-likeness (QED) is 0.758. The van der Waals surface area contributed by atoms with Crippen molar-refractivity contribution in [1.29, 1.82) is 0 Å². The Labute approximate surface area is 155 Å². The molecule has 2 aromatic rings. The molecule has 0 aliphatic carbocycles.